The van der Waals surface area contributed by atoms with E-state index >= 15 is 0 Å². The van der Waals surface area contributed by atoms with Crippen molar-refractivity contribution in [3.8, 4) is 5.75 Å². The molecule has 12 heteroatoms. The molecule has 1 saturated carbocycles. The normalized spacial score (nSPS) is 23.4. The van der Waals surface area contributed by atoms with Gasteiger partial charge in [0.25, 0.3) is 5.91 Å². The van der Waals surface area contributed by atoms with Gasteiger partial charge in [0.1, 0.15) is 11.4 Å². The average Bonchev–Trinajstić information content (AvgIpc) is 3.79. The Hall–Kier alpha value is -3.38. The highest BCUT2D eigenvalue weighted by molar-refractivity contribution is 6.04. The molecule has 0 radical (unpaired) electrons. The molecule has 1 aliphatic carbocycles. The van der Waals surface area contributed by atoms with E-state index in [-0.39, 0.29) is 37.0 Å². The van der Waals surface area contributed by atoms with Crippen LogP contribution in [0.2, 0.25) is 0 Å². The molecule has 1 aromatic rings. The smallest absolute Gasteiger partial charge is 0.410 e. The third-order valence-electron chi connectivity index (χ3n) is 8.85. The van der Waals surface area contributed by atoms with E-state index in [0.29, 0.717) is 36.7 Å². The number of methoxy groups -OCH3 is 1. The Kier molecular flexibility index (Phi) is 10.6. The summed E-state index contributed by atoms with van der Waals surface area (Å²) in [6.45, 7) is 15.2. The molecule has 0 bridgehead atoms. The number of piperidine rings is 1. The molecule has 4 atom stereocenters. The van der Waals surface area contributed by atoms with E-state index in [0.717, 1.165) is 12.8 Å². The predicted molar refractivity (Wildman–Crippen MR) is 174 cm³/mol. The summed E-state index contributed by atoms with van der Waals surface area (Å²) in [6.07, 6.45) is 0.152. The SMILES string of the molecule is COCCCN1C(=O)C(C)(C)Oc2ccc(N(C(=O)[C@H]3CN(C(=O)OC(C)(C)C)C[C@@H](C(=O)NC(C)C(C)C)[C@H]3O)C3CC3)cc21. The van der Waals surface area contributed by atoms with Crippen molar-refractivity contribution in [2.75, 3.05) is 43.2 Å². The van der Waals surface area contributed by atoms with Gasteiger partial charge in [-0.2, -0.15) is 0 Å². The molecule has 2 N–H and O–H groups in total. The monoisotopic (exact) mass is 644 g/mol. The number of amides is 4. The molecule has 3 aliphatic rings. The lowest BCUT2D eigenvalue weighted by molar-refractivity contribution is -0.141. The zero-order valence-corrected chi connectivity index (χ0v) is 28.8. The van der Waals surface area contributed by atoms with E-state index in [4.69, 9.17) is 14.2 Å². The molecule has 1 unspecified atom stereocenters. The summed E-state index contributed by atoms with van der Waals surface area (Å²) in [5.74, 6) is -2.46. The van der Waals surface area contributed by atoms with Gasteiger partial charge in [-0.15, -0.1) is 0 Å². The number of benzene rings is 1. The minimum Gasteiger partial charge on any atom is -0.476 e. The largest absolute Gasteiger partial charge is 0.476 e. The first kappa shape index (κ1) is 35.5. The lowest BCUT2D eigenvalue weighted by atomic mass is 9.84. The molecule has 256 valence electrons. The predicted octanol–water partition coefficient (Wildman–Crippen LogP) is 3.73. The summed E-state index contributed by atoms with van der Waals surface area (Å²) >= 11 is 0. The Labute approximate surface area is 272 Å². The zero-order valence-electron chi connectivity index (χ0n) is 28.8. The number of nitrogens with zero attached hydrogens (tertiary/aromatic N) is 3. The maximum absolute atomic E-state index is 14.5. The second-order valence-corrected chi connectivity index (χ2v) is 14.6. The number of hydrogen-bond donors (Lipinski definition) is 2. The molecular weight excluding hydrogens is 592 g/mol. The van der Waals surface area contributed by atoms with Crippen molar-refractivity contribution < 1.29 is 38.5 Å². The van der Waals surface area contributed by atoms with Gasteiger partial charge in [0, 0.05) is 51.1 Å². The first-order valence-electron chi connectivity index (χ1n) is 16.4. The highest BCUT2D eigenvalue weighted by atomic mass is 16.6. The lowest BCUT2D eigenvalue weighted by Gasteiger charge is -2.42. The number of carbonyl (C=O) groups is 4. The number of carbonyl (C=O) groups excluding carboxylic acids is 4. The minimum atomic E-state index is -1.33. The molecule has 12 nitrogen and oxygen atoms in total. The number of aliphatic hydroxyl groups is 1. The maximum atomic E-state index is 14.5. The molecule has 4 amide bonds. The molecule has 1 saturated heterocycles. The van der Waals surface area contributed by atoms with Crippen LogP contribution < -0.4 is 19.9 Å². The van der Waals surface area contributed by atoms with Crippen LogP contribution in [0.15, 0.2) is 18.2 Å². The van der Waals surface area contributed by atoms with Crippen LogP contribution in [0.25, 0.3) is 0 Å². The Morgan fingerprint density at radius 1 is 1.13 bits per heavy atom. The van der Waals surface area contributed by atoms with E-state index in [1.807, 2.05) is 20.8 Å². The van der Waals surface area contributed by atoms with Crippen molar-refractivity contribution >= 4 is 35.2 Å². The fourth-order valence-electron chi connectivity index (χ4n) is 5.81. The number of rotatable bonds is 10. The van der Waals surface area contributed by atoms with Gasteiger partial charge in [0.05, 0.1) is 23.6 Å². The summed E-state index contributed by atoms with van der Waals surface area (Å²) < 4.78 is 16.9. The van der Waals surface area contributed by atoms with Gasteiger partial charge in [-0.1, -0.05) is 13.8 Å². The van der Waals surface area contributed by atoms with Gasteiger partial charge in [0.2, 0.25) is 11.8 Å². The summed E-state index contributed by atoms with van der Waals surface area (Å²) in [7, 11) is 1.61. The Morgan fingerprint density at radius 2 is 1.78 bits per heavy atom. The van der Waals surface area contributed by atoms with Crippen LogP contribution in [0.3, 0.4) is 0 Å². The fraction of sp³-hybridized carbons (Fsp3) is 0.706. The first-order valence-corrected chi connectivity index (χ1v) is 16.4. The second kappa shape index (κ2) is 13.8. The van der Waals surface area contributed by atoms with Gasteiger partial charge in [-0.3, -0.25) is 14.4 Å². The molecule has 1 aromatic carbocycles. The van der Waals surface area contributed by atoms with Crippen LogP contribution in [-0.2, 0) is 23.9 Å². The van der Waals surface area contributed by atoms with Crippen molar-refractivity contribution in [2.24, 2.45) is 17.8 Å². The summed E-state index contributed by atoms with van der Waals surface area (Å²) in [5, 5.41) is 14.6. The Morgan fingerprint density at radius 3 is 2.37 bits per heavy atom. The van der Waals surface area contributed by atoms with Gasteiger partial charge in [0.15, 0.2) is 5.60 Å². The van der Waals surface area contributed by atoms with Crippen LogP contribution in [0, 0.1) is 17.8 Å². The quantitative estimate of drug-likeness (QED) is 0.368. The number of nitrogens with one attached hydrogen (secondary N) is 1. The molecule has 2 fully saturated rings. The average molecular weight is 645 g/mol. The Balaban J connectivity index is 1.69. The van der Waals surface area contributed by atoms with Crippen LogP contribution in [-0.4, -0.2) is 96.6 Å². The highest BCUT2D eigenvalue weighted by Crippen LogP contribution is 2.43. The number of ether oxygens (including phenoxy) is 3. The van der Waals surface area contributed by atoms with Crippen molar-refractivity contribution in [2.45, 2.75) is 104 Å². The van der Waals surface area contributed by atoms with Gasteiger partial charge in [-0.25, -0.2) is 4.79 Å². The molecule has 0 spiro atoms. The molecule has 4 rings (SSSR count). The van der Waals surface area contributed by atoms with E-state index in [2.05, 4.69) is 5.32 Å². The minimum absolute atomic E-state index is 0.0789. The number of aliphatic hydroxyl groups excluding tert-OH is 1. The van der Waals surface area contributed by atoms with Gasteiger partial charge >= 0.3 is 6.09 Å². The zero-order chi connectivity index (χ0) is 34.1. The molecule has 0 aromatic heterocycles. The fourth-order valence-corrected chi connectivity index (χ4v) is 5.81. The standard InChI is InChI=1S/C34H52N4O8/c1-20(2)21(3)35-29(40)24-18-36(32(43)46-33(4,5)6)19-25(28(24)39)30(41)38(22-11-12-22)23-13-14-27-26(17-23)37(15-10-16-44-9)31(42)34(7,8)45-27/h13-14,17,20-22,24-25,28,39H,10-12,15-16,18-19H2,1-9H3,(H,35,40)/t21?,24-,25+,28-/m1/s1. The van der Waals surface area contributed by atoms with Crippen LogP contribution in [0.5, 0.6) is 5.75 Å². The van der Waals surface area contributed by atoms with E-state index in [9.17, 15) is 24.3 Å². The van der Waals surface area contributed by atoms with Crippen molar-refractivity contribution in [1.29, 1.82) is 0 Å². The molecule has 2 heterocycles. The molecule has 2 aliphatic heterocycles. The van der Waals surface area contributed by atoms with Crippen LogP contribution in [0.1, 0.15) is 74.7 Å². The molecule has 46 heavy (non-hydrogen) atoms. The van der Waals surface area contributed by atoms with Gasteiger partial charge in [-0.05, 0) is 84.9 Å². The lowest BCUT2D eigenvalue weighted by Crippen LogP contribution is -2.61. The van der Waals surface area contributed by atoms with E-state index < -0.39 is 47.0 Å². The highest BCUT2D eigenvalue weighted by Gasteiger charge is 2.49. The summed E-state index contributed by atoms with van der Waals surface area (Å²) in [4.78, 5) is 59.4. The van der Waals surface area contributed by atoms with Crippen molar-refractivity contribution in [3.05, 3.63) is 18.2 Å². The van der Waals surface area contributed by atoms with Crippen molar-refractivity contribution in [1.82, 2.24) is 10.2 Å². The number of anilines is 2. The third kappa shape index (κ3) is 7.94. The maximum Gasteiger partial charge on any atom is 0.410 e. The second-order valence-electron chi connectivity index (χ2n) is 14.6. The van der Waals surface area contributed by atoms with E-state index in [1.54, 1.807) is 69.7 Å². The first-order chi connectivity index (χ1) is 21.4. The van der Waals surface area contributed by atoms with Crippen LogP contribution in [0.4, 0.5) is 16.2 Å². The number of fused-ring (bicyclic) bond motifs is 1. The molecular formula is C34H52N4O8. The number of likely N-dealkylation sites (tertiary alicyclic amines) is 1. The topological polar surface area (TPSA) is 138 Å². The Bertz CT molecular complexity index is 1300. The van der Waals surface area contributed by atoms with Crippen molar-refractivity contribution in [3.63, 3.8) is 0 Å². The van der Waals surface area contributed by atoms with E-state index in [1.165, 1.54) is 4.90 Å². The third-order valence-corrected chi connectivity index (χ3v) is 8.85. The number of hydrogen-bond acceptors (Lipinski definition) is 8. The van der Waals surface area contributed by atoms with Crippen LogP contribution >= 0.6 is 0 Å². The summed E-state index contributed by atoms with van der Waals surface area (Å²) in [6, 6.07) is 5.02. The van der Waals surface area contributed by atoms with Gasteiger partial charge < -0.3 is 39.3 Å². The summed E-state index contributed by atoms with van der Waals surface area (Å²) in [5.41, 5.74) is -0.748.